The quantitative estimate of drug-likeness (QED) is 0.767. The monoisotopic (exact) mass is 391 g/mol. The first-order valence-corrected chi connectivity index (χ1v) is 10.2. The number of hydrogen-bond donors (Lipinski definition) is 1. The number of ether oxygens (including phenoxy) is 1. The SMILES string of the molecule is C[C@H](C(=O)Nc1ccc(C(C)(C)C)cc1)[S@](=O)CCOc1ccc(F)cc1. The molecule has 2 aromatic rings. The molecule has 0 aromatic heterocycles. The fourth-order valence-corrected chi connectivity index (χ4v) is 3.26. The van der Waals surface area contributed by atoms with Crippen molar-refractivity contribution in [1.82, 2.24) is 0 Å². The minimum Gasteiger partial charge on any atom is -0.493 e. The smallest absolute Gasteiger partial charge is 0.239 e. The molecule has 0 fully saturated rings. The van der Waals surface area contributed by atoms with Gasteiger partial charge in [-0.3, -0.25) is 9.00 Å². The van der Waals surface area contributed by atoms with E-state index in [0.717, 1.165) is 0 Å². The van der Waals surface area contributed by atoms with Crippen LogP contribution in [0.2, 0.25) is 0 Å². The average molecular weight is 392 g/mol. The van der Waals surface area contributed by atoms with Gasteiger partial charge in [0.2, 0.25) is 5.91 Å². The highest BCUT2D eigenvalue weighted by Crippen LogP contribution is 2.23. The van der Waals surface area contributed by atoms with Crippen molar-refractivity contribution in [2.45, 2.75) is 38.4 Å². The van der Waals surface area contributed by atoms with Gasteiger partial charge in [-0.15, -0.1) is 0 Å². The lowest BCUT2D eigenvalue weighted by molar-refractivity contribution is -0.115. The van der Waals surface area contributed by atoms with E-state index >= 15 is 0 Å². The zero-order valence-electron chi connectivity index (χ0n) is 16.1. The van der Waals surface area contributed by atoms with Crippen LogP contribution in [0.15, 0.2) is 48.5 Å². The second-order valence-corrected chi connectivity index (χ2v) is 9.22. The number of nitrogens with one attached hydrogen (secondary N) is 1. The third-order valence-corrected chi connectivity index (χ3v) is 5.72. The summed E-state index contributed by atoms with van der Waals surface area (Å²) in [6.07, 6.45) is 0. The number of anilines is 1. The Morgan fingerprint density at radius 3 is 2.26 bits per heavy atom. The summed E-state index contributed by atoms with van der Waals surface area (Å²) in [5.41, 5.74) is 1.90. The third-order valence-electron chi connectivity index (χ3n) is 4.15. The maximum Gasteiger partial charge on any atom is 0.239 e. The van der Waals surface area contributed by atoms with Crippen LogP contribution in [-0.4, -0.2) is 27.7 Å². The maximum absolute atomic E-state index is 12.8. The van der Waals surface area contributed by atoms with Crippen LogP contribution >= 0.6 is 0 Å². The summed E-state index contributed by atoms with van der Waals surface area (Å²) in [5, 5.41) is 2.14. The molecule has 0 aliphatic heterocycles. The molecule has 0 saturated carbocycles. The van der Waals surface area contributed by atoms with Crippen molar-refractivity contribution in [3.63, 3.8) is 0 Å². The molecular weight excluding hydrogens is 365 g/mol. The lowest BCUT2D eigenvalue weighted by Gasteiger charge is -2.19. The van der Waals surface area contributed by atoms with Crippen molar-refractivity contribution < 1.29 is 18.1 Å². The molecule has 0 heterocycles. The van der Waals surface area contributed by atoms with Gasteiger partial charge >= 0.3 is 0 Å². The van der Waals surface area contributed by atoms with Crippen molar-refractivity contribution in [2.75, 3.05) is 17.7 Å². The number of rotatable bonds is 7. The van der Waals surface area contributed by atoms with Gasteiger partial charge in [0.1, 0.15) is 16.8 Å². The molecule has 0 aliphatic carbocycles. The van der Waals surface area contributed by atoms with Crippen molar-refractivity contribution >= 4 is 22.4 Å². The van der Waals surface area contributed by atoms with E-state index in [-0.39, 0.29) is 29.5 Å². The number of carbonyl (C=O) groups is 1. The van der Waals surface area contributed by atoms with Crippen LogP contribution in [0.1, 0.15) is 33.3 Å². The van der Waals surface area contributed by atoms with Crippen molar-refractivity contribution in [3.8, 4) is 5.75 Å². The predicted octanol–water partition coefficient (Wildman–Crippen LogP) is 4.28. The number of carbonyl (C=O) groups excluding carboxylic acids is 1. The largest absolute Gasteiger partial charge is 0.493 e. The molecule has 0 radical (unpaired) electrons. The molecule has 2 atom stereocenters. The van der Waals surface area contributed by atoms with Crippen LogP contribution in [0, 0.1) is 5.82 Å². The van der Waals surface area contributed by atoms with E-state index in [2.05, 4.69) is 26.1 Å². The standard InChI is InChI=1S/C21H26FNO3S/c1-15(27(25)14-13-26-19-11-7-17(22)8-12-19)20(24)23-18-9-5-16(6-10-18)21(2,3)4/h5-12,15H,13-14H2,1-4H3,(H,23,24)/t15-,27-/m1/s1. The van der Waals surface area contributed by atoms with Gasteiger partial charge in [-0.25, -0.2) is 4.39 Å². The molecule has 0 spiro atoms. The highest BCUT2D eigenvalue weighted by molar-refractivity contribution is 7.86. The first-order chi connectivity index (χ1) is 12.7. The Balaban J connectivity index is 1.83. The van der Waals surface area contributed by atoms with E-state index in [1.54, 1.807) is 6.92 Å². The Bertz CT molecular complexity index is 783. The topological polar surface area (TPSA) is 55.4 Å². The number of amides is 1. The molecule has 27 heavy (non-hydrogen) atoms. The summed E-state index contributed by atoms with van der Waals surface area (Å²) in [5.74, 6) is 0.0874. The van der Waals surface area contributed by atoms with Crippen LogP contribution in [0.4, 0.5) is 10.1 Å². The van der Waals surface area contributed by atoms with Crippen molar-refractivity contribution in [2.24, 2.45) is 0 Å². The number of hydrogen-bond acceptors (Lipinski definition) is 3. The van der Waals surface area contributed by atoms with E-state index in [0.29, 0.717) is 11.4 Å². The van der Waals surface area contributed by atoms with Gasteiger partial charge in [0.05, 0.1) is 12.4 Å². The minimum absolute atomic E-state index is 0.0435. The number of halogens is 1. The van der Waals surface area contributed by atoms with Gasteiger partial charge in [-0.05, 0) is 54.3 Å². The molecule has 1 N–H and O–H groups in total. The maximum atomic E-state index is 12.8. The molecule has 6 heteroatoms. The first-order valence-electron chi connectivity index (χ1n) is 8.84. The van der Waals surface area contributed by atoms with E-state index in [9.17, 15) is 13.4 Å². The van der Waals surface area contributed by atoms with Crippen LogP contribution in [0.5, 0.6) is 5.75 Å². The summed E-state index contributed by atoms with van der Waals surface area (Å²) in [6, 6.07) is 13.3. The molecule has 2 aromatic carbocycles. The third kappa shape index (κ3) is 6.47. The van der Waals surface area contributed by atoms with Crippen LogP contribution < -0.4 is 10.1 Å². The predicted molar refractivity (Wildman–Crippen MR) is 108 cm³/mol. The molecule has 146 valence electrons. The minimum atomic E-state index is -1.38. The molecule has 4 nitrogen and oxygen atoms in total. The Hall–Kier alpha value is -2.21. The van der Waals surface area contributed by atoms with Gasteiger partial charge < -0.3 is 10.1 Å². The highest BCUT2D eigenvalue weighted by atomic mass is 32.2. The first kappa shape index (κ1) is 21.1. The summed E-state index contributed by atoms with van der Waals surface area (Å²) in [4.78, 5) is 12.3. The molecule has 0 aliphatic rings. The summed E-state index contributed by atoms with van der Waals surface area (Å²) < 4.78 is 30.6. The van der Waals surface area contributed by atoms with Crippen molar-refractivity contribution in [3.05, 3.63) is 59.9 Å². The van der Waals surface area contributed by atoms with Gasteiger partial charge in [-0.2, -0.15) is 0 Å². The molecule has 0 unspecified atom stereocenters. The fraction of sp³-hybridized carbons (Fsp3) is 0.381. The van der Waals surface area contributed by atoms with E-state index in [4.69, 9.17) is 4.74 Å². The fourth-order valence-electron chi connectivity index (χ4n) is 2.37. The Labute approximate surface area is 162 Å². The van der Waals surface area contributed by atoms with E-state index < -0.39 is 16.0 Å². The average Bonchev–Trinajstić information content (AvgIpc) is 2.62. The lowest BCUT2D eigenvalue weighted by atomic mass is 9.87. The van der Waals surface area contributed by atoms with Gasteiger partial charge in [0.15, 0.2) is 0 Å². The molecule has 0 bridgehead atoms. The van der Waals surface area contributed by atoms with Gasteiger partial charge in [0.25, 0.3) is 0 Å². The lowest BCUT2D eigenvalue weighted by Crippen LogP contribution is -2.31. The van der Waals surface area contributed by atoms with Gasteiger partial charge in [0, 0.05) is 16.5 Å². The summed E-state index contributed by atoms with van der Waals surface area (Å²) >= 11 is 0. The Morgan fingerprint density at radius 2 is 1.70 bits per heavy atom. The highest BCUT2D eigenvalue weighted by Gasteiger charge is 2.20. The van der Waals surface area contributed by atoms with Crippen LogP contribution in [0.3, 0.4) is 0 Å². The van der Waals surface area contributed by atoms with E-state index in [1.807, 2.05) is 24.3 Å². The zero-order valence-corrected chi connectivity index (χ0v) is 16.9. The van der Waals surface area contributed by atoms with E-state index in [1.165, 1.54) is 29.8 Å². The normalized spacial score (nSPS) is 13.7. The Morgan fingerprint density at radius 1 is 1.11 bits per heavy atom. The molecule has 0 saturated heterocycles. The van der Waals surface area contributed by atoms with Gasteiger partial charge in [-0.1, -0.05) is 32.9 Å². The Kier molecular flexibility index (Phi) is 7.13. The summed E-state index contributed by atoms with van der Waals surface area (Å²) in [6.45, 7) is 8.20. The zero-order chi connectivity index (χ0) is 20.0. The number of benzene rings is 2. The van der Waals surface area contributed by atoms with Crippen molar-refractivity contribution in [1.29, 1.82) is 0 Å². The second kappa shape index (κ2) is 9.13. The molecular formula is C21H26FNO3S. The summed E-state index contributed by atoms with van der Waals surface area (Å²) in [7, 11) is -1.38. The van der Waals surface area contributed by atoms with Crippen LogP contribution in [0.25, 0.3) is 0 Å². The molecule has 1 amide bonds. The van der Waals surface area contributed by atoms with Crippen LogP contribution in [-0.2, 0) is 21.0 Å². The second-order valence-electron chi connectivity index (χ2n) is 7.35. The molecule has 2 rings (SSSR count).